The van der Waals surface area contributed by atoms with Crippen LogP contribution in [0.25, 0.3) is 0 Å². The first-order valence-corrected chi connectivity index (χ1v) is 6.59. The Hall–Kier alpha value is -1.95. The molecule has 1 atom stereocenters. The van der Waals surface area contributed by atoms with Crippen LogP contribution in [0.1, 0.15) is 18.1 Å². The van der Waals surface area contributed by atoms with Crippen LogP contribution in [-0.4, -0.2) is 32.5 Å². The summed E-state index contributed by atoms with van der Waals surface area (Å²) in [7, 11) is 1.65. The number of hydrogen-bond donors (Lipinski definition) is 2. The number of rotatable bonds is 6. The quantitative estimate of drug-likeness (QED) is 0.765. The van der Waals surface area contributed by atoms with Gasteiger partial charge in [0.25, 0.3) is 0 Å². The Morgan fingerprint density at radius 2 is 2.35 bits per heavy atom. The maximum atomic E-state index is 10.4. The van der Waals surface area contributed by atoms with Gasteiger partial charge in [-0.05, 0) is 19.1 Å². The van der Waals surface area contributed by atoms with E-state index in [9.17, 15) is 4.79 Å². The maximum absolute atomic E-state index is 10.4. The predicted molar refractivity (Wildman–Crippen MR) is 74.0 cm³/mol. The number of ether oxygens (including phenoxy) is 3. The van der Waals surface area contributed by atoms with Crippen molar-refractivity contribution >= 4 is 6.09 Å². The summed E-state index contributed by atoms with van der Waals surface area (Å²) in [6.07, 6.45) is 0.359. The predicted octanol–water partition coefficient (Wildman–Crippen LogP) is 1.20. The van der Waals surface area contributed by atoms with Crippen LogP contribution in [0.3, 0.4) is 0 Å². The third-order valence-electron chi connectivity index (χ3n) is 3.14. The molecule has 3 N–H and O–H groups in total. The summed E-state index contributed by atoms with van der Waals surface area (Å²) in [5.41, 5.74) is 7.07. The minimum absolute atomic E-state index is 0.210. The molecule has 1 unspecified atom stereocenters. The summed E-state index contributed by atoms with van der Waals surface area (Å²) in [6, 6.07) is 4.02. The number of nitrogens with two attached hydrogens (primary N) is 1. The van der Waals surface area contributed by atoms with Crippen molar-refractivity contribution in [2.24, 2.45) is 5.73 Å². The van der Waals surface area contributed by atoms with E-state index in [4.69, 9.17) is 15.2 Å². The fourth-order valence-electron chi connectivity index (χ4n) is 2.26. The lowest BCUT2D eigenvalue weighted by Crippen LogP contribution is -2.23. The van der Waals surface area contributed by atoms with Gasteiger partial charge in [-0.2, -0.15) is 0 Å². The molecule has 110 valence electrons. The molecule has 0 radical (unpaired) electrons. The summed E-state index contributed by atoms with van der Waals surface area (Å²) in [4.78, 5) is 10.4. The SMILES string of the molecule is COc1cc2c(cc1CNCCOC(N)=O)OC(C)C2. The molecule has 1 aromatic carbocycles. The van der Waals surface area contributed by atoms with Crippen molar-refractivity contribution in [2.75, 3.05) is 20.3 Å². The molecule has 0 fully saturated rings. The number of benzene rings is 1. The Labute approximate surface area is 118 Å². The van der Waals surface area contributed by atoms with E-state index in [1.54, 1.807) is 7.11 Å². The molecule has 0 spiro atoms. The number of fused-ring (bicyclic) bond motifs is 1. The number of methoxy groups -OCH3 is 1. The van der Waals surface area contributed by atoms with Gasteiger partial charge < -0.3 is 25.3 Å². The lowest BCUT2D eigenvalue weighted by atomic mass is 10.1. The van der Waals surface area contributed by atoms with Gasteiger partial charge in [-0.3, -0.25) is 0 Å². The number of amides is 1. The first kappa shape index (κ1) is 14.5. The Morgan fingerprint density at radius 3 is 3.05 bits per heavy atom. The van der Waals surface area contributed by atoms with Gasteiger partial charge in [0.1, 0.15) is 24.2 Å². The first-order valence-electron chi connectivity index (χ1n) is 6.59. The third kappa shape index (κ3) is 3.54. The maximum Gasteiger partial charge on any atom is 0.404 e. The molecule has 1 heterocycles. The van der Waals surface area contributed by atoms with Gasteiger partial charge in [0, 0.05) is 30.6 Å². The van der Waals surface area contributed by atoms with Gasteiger partial charge in [0.2, 0.25) is 0 Å². The molecule has 6 nitrogen and oxygen atoms in total. The van der Waals surface area contributed by atoms with Gasteiger partial charge in [-0.25, -0.2) is 4.79 Å². The number of carbonyl (C=O) groups excluding carboxylic acids is 1. The molecule has 0 saturated carbocycles. The second kappa shape index (κ2) is 6.47. The highest BCUT2D eigenvalue weighted by molar-refractivity contribution is 5.64. The zero-order valence-electron chi connectivity index (χ0n) is 11.8. The normalized spacial score (nSPS) is 16.4. The van der Waals surface area contributed by atoms with Crippen LogP contribution in [0.4, 0.5) is 4.79 Å². The fourth-order valence-corrected chi connectivity index (χ4v) is 2.26. The molecule has 6 heteroatoms. The molecule has 1 aromatic rings. The molecule has 1 aliphatic rings. The number of nitrogens with one attached hydrogen (secondary N) is 1. The Morgan fingerprint density at radius 1 is 1.55 bits per heavy atom. The third-order valence-corrected chi connectivity index (χ3v) is 3.14. The highest BCUT2D eigenvalue weighted by atomic mass is 16.5. The Bertz CT molecular complexity index is 490. The van der Waals surface area contributed by atoms with Gasteiger partial charge in [-0.1, -0.05) is 0 Å². The minimum atomic E-state index is -0.760. The second-order valence-electron chi connectivity index (χ2n) is 4.75. The van der Waals surface area contributed by atoms with Crippen molar-refractivity contribution in [3.8, 4) is 11.5 Å². The van der Waals surface area contributed by atoms with E-state index in [0.717, 1.165) is 23.5 Å². The lowest BCUT2D eigenvalue weighted by Gasteiger charge is -2.12. The minimum Gasteiger partial charge on any atom is -0.496 e. The van der Waals surface area contributed by atoms with E-state index in [2.05, 4.69) is 10.1 Å². The van der Waals surface area contributed by atoms with Crippen LogP contribution in [0.15, 0.2) is 12.1 Å². The Balaban J connectivity index is 1.94. The molecule has 0 saturated heterocycles. The number of hydrogen-bond acceptors (Lipinski definition) is 5. The molecular formula is C14H20N2O4. The summed E-state index contributed by atoms with van der Waals surface area (Å²) in [5, 5.41) is 3.17. The summed E-state index contributed by atoms with van der Waals surface area (Å²) in [5.74, 6) is 1.76. The topological polar surface area (TPSA) is 82.8 Å². The van der Waals surface area contributed by atoms with Crippen LogP contribution in [-0.2, 0) is 17.7 Å². The molecule has 2 rings (SSSR count). The summed E-state index contributed by atoms with van der Waals surface area (Å²) < 4.78 is 15.8. The van der Waals surface area contributed by atoms with Crippen LogP contribution in [0.5, 0.6) is 11.5 Å². The van der Waals surface area contributed by atoms with Crippen molar-refractivity contribution < 1.29 is 19.0 Å². The molecule has 20 heavy (non-hydrogen) atoms. The smallest absolute Gasteiger partial charge is 0.404 e. The molecule has 1 amide bonds. The average Bonchev–Trinajstić information content (AvgIpc) is 2.76. The fraction of sp³-hybridized carbons (Fsp3) is 0.500. The van der Waals surface area contributed by atoms with Crippen molar-refractivity contribution in [3.63, 3.8) is 0 Å². The van der Waals surface area contributed by atoms with Gasteiger partial charge in [-0.15, -0.1) is 0 Å². The molecular weight excluding hydrogens is 260 g/mol. The average molecular weight is 280 g/mol. The van der Waals surface area contributed by atoms with E-state index in [1.807, 2.05) is 19.1 Å². The van der Waals surface area contributed by atoms with Crippen LogP contribution in [0, 0.1) is 0 Å². The van der Waals surface area contributed by atoms with Crippen LogP contribution in [0.2, 0.25) is 0 Å². The monoisotopic (exact) mass is 280 g/mol. The van der Waals surface area contributed by atoms with Crippen LogP contribution >= 0.6 is 0 Å². The van der Waals surface area contributed by atoms with E-state index in [-0.39, 0.29) is 12.7 Å². The van der Waals surface area contributed by atoms with Crippen molar-refractivity contribution in [2.45, 2.75) is 26.0 Å². The molecule has 0 bridgehead atoms. The van der Waals surface area contributed by atoms with Crippen molar-refractivity contribution in [1.29, 1.82) is 0 Å². The zero-order valence-corrected chi connectivity index (χ0v) is 11.8. The standard InChI is InChI=1S/C14H20N2O4/c1-9-5-10-6-12(18-2)11(7-13(10)20-9)8-16-3-4-19-14(15)17/h6-7,9,16H,3-5,8H2,1-2H3,(H2,15,17). The van der Waals surface area contributed by atoms with Gasteiger partial charge in [0.05, 0.1) is 7.11 Å². The Kier molecular flexibility index (Phi) is 4.68. The van der Waals surface area contributed by atoms with Crippen molar-refractivity contribution in [1.82, 2.24) is 5.32 Å². The van der Waals surface area contributed by atoms with E-state index >= 15 is 0 Å². The second-order valence-corrected chi connectivity index (χ2v) is 4.75. The van der Waals surface area contributed by atoms with E-state index in [1.165, 1.54) is 5.56 Å². The van der Waals surface area contributed by atoms with E-state index in [0.29, 0.717) is 13.1 Å². The molecule has 1 aliphatic heterocycles. The largest absolute Gasteiger partial charge is 0.496 e. The zero-order chi connectivity index (χ0) is 14.5. The summed E-state index contributed by atoms with van der Waals surface area (Å²) in [6.45, 7) is 3.43. The van der Waals surface area contributed by atoms with Gasteiger partial charge in [0.15, 0.2) is 0 Å². The van der Waals surface area contributed by atoms with Crippen molar-refractivity contribution in [3.05, 3.63) is 23.3 Å². The highest BCUT2D eigenvalue weighted by Gasteiger charge is 2.21. The first-order chi connectivity index (χ1) is 9.60. The molecule has 0 aromatic heterocycles. The number of primary amides is 1. The lowest BCUT2D eigenvalue weighted by molar-refractivity contribution is 0.157. The van der Waals surface area contributed by atoms with E-state index < -0.39 is 6.09 Å². The van der Waals surface area contributed by atoms with Crippen LogP contribution < -0.4 is 20.5 Å². The number of carbonyl (C=O) groups is 1. The summed E-state index contributed by atoms with van der Waals surface area (Å²) >= 11 is 0. The highest BCUT2D eigenvalue weighted by Crippen LogP contribution is 2.34. The molecule has 0 aliphatic carbocycles. The van der Waals surface area contributed by atoms with Gasteiger partial charge >= 0.3 is 6.09 Å².